The average Bonchev–Trinajstić information content (AvgIpc) is 2.85. The van der Waals surface area contributed by atoms with Crippen molar-refractivity contribution in [1.29, 1.82) is 0 Å². The number of amides is 1. The van der Waals surface area contributed by atoms with Gasteiger partial charge in [0.1, 0.15) is 0 Å². The maximum Gasteiger partial charge on any atom is 0.335 e. The van der Waals surface area contributed by atoms with E-state index in [1.54, 1.807) is 0 Å². The molecule has 6 nitrogen and oxygen atoms in total. The van der Waals surface area contributed by atoms with Crippen LogP contribution in [0.4, 0.5) is 5.69 Å². The lowest BCUT2D eigenvalue weighted by Gasteiger charge is -2.06. The van der Waals surface area contributed by atoms with E-state index in [-0.39, 0.29) is 22.0 Å². The second-order valence-corrected chi connectivity index (χ2v) is 3.74. The van der Waals surface area contributed by atoms with Gasteiger partial charge in [-0.2, -0.15) is 0 Å². The highest BCUT2D eigenvalue weighted by atomic mass is 35.5. The summed E-state index contributed by atoms with van der Waals surface area (Å²) in [6.07, 6.45) is 1.32. The van der Waals surface area contributed by atoms with Gasteiger partial charge in [0.15, 0.2) is 0 Å². The Hall–Kier alpha value is -2.34. The van der Waals surface area contributed by atoms with E-state index in [4.69, 9.17) is 16.7 Å². The summed E-state index contributed by atoms with van der Waals surface area (Å²) >= 11 is 5.85. The molecule has 1 amide bonds. The quantitative estimate of drug-likeness (QED) is 0.889. The van der Waals surface area contributed by atoms with Crippen molar-refractivity contribution < 1.29 is 19.2 Å². The van der Waals surface area contributed by atoms with E-state index in [0.717, 1.165) is 0 Å². The molecule has 1 aromatic heterocycles. The first-order valence-electron chi connectivity index (χ1n) is 4.83. The van der Waals surface area contributed by atoms with Gasteiger partial charge in [0, 0.05) is 6.07 Å². The summed E-state index contributed by atoms with van der Waals surface area (Å²) in [4.78, 5) is 22.5. The van der Waals surface area contributed by atoms with E-state index in [2.05, 4.69) is 15.0 Å². The van der Waals surface area contributed by atoms with E-state index in [1.165, 1.54) is 30.5 Å². The molecule has 0 unspecified atom stereocenters. The lowest BCUT2D eigenvalue weighted by molar-refractivity contribution is 0.0696. The van der Waals surface area contributed by atoms with Crippen molar-refractivity contribution in [3.63, 3.8) is 0 Å². The van der Waals surface area contributed by atoms with Crippen LogP contribution in [0, 0.1) is 0 Å². The number of anilines is 1. The van der Waals surface area contributed by atoms with Crippen molar-refractivity contribution in [3.05, 3.63) is 46.8 Å². The van der Waals surface area contributed by atoms with Crippen LogP contribution in [0.15, 0.2) is 35.0 Å². The van der Waals surface area contributed by atoms with Crippen LogP contribution in [-0.4, -0.2) is 22.1 Å². The number of benzene rings is 1. The van der Waals surface area contributed by atoms with Gasteiger partial charge in [-0.25, -0.2) is 4.79 Å². The largest absolute Gasteiger partial charge is 0.478 e. The van der Waals surface area contributed by atoms with Crippen LogP contribution < -0.4 is 5.32 Å². The van der Waals surface area contributed by atoms with Gasteiger partial charge in [-0.1, -0.05) is 16.8 Å². The average molecular weight is 267 g/mol. The fourth-order valence-electron chi connectivity index (χ4n) is 1.27. The molecule has 18 heavy (non-hydrogen) atoms. The van der Waals surface area contributed by atoms with Gasteiger partial charge in [0.25, 0.3) is 5.91 Å². The number of carbonyl (C=O) groups excluding carboxylic acids is 1. The first kappa shape index (κ1) is 12.1. The van der Waals surface area contributed by atoms with E-state index < -0.39 is 11.9 Å². The zero-order valence-electron chi connectivity index (χ0n) is 8.88. The molecular weight excluding hydrogens is 260 g/mol. The topological polar surface area (TPSA) is 92.4 Å². The fourth-order valence-corrected chi connectivity index (χ4v) is 1.44. The molecule has 0 spiro atoms. The first-order chi connectivity index (χ1) is 8.58. The Balaban J connectivity index is 2.26. The van der Waals surface area contributed by atoms with Crippen molar-refractivity contribution in [2.24, 2.45) is 0 Å². The summed E-state index contributed by atoms with van der Waals surface area (Å²) in [6, 6.07) is 5.37. The minimum Gasteiger partial charge on any atom is -0.478 e. The lowest BCUT2D eigenvalue weighted by atomic mass is 10.2. The second kappa shape index (κ2) is 4.89. The van der Waals surface area contributed by atoms with Gasteiger partial charge < -0.3 is 14.9 Å². The van der Waals surface area contributed by atoms with E-state index in [9.17, 15) is 9.59 Å². The maximum atomic E-state index is 11.7. The highest BCUT2D eigenvalue weighted by Crippen LogP contribution is 2.23. The number of carbonyl (C=O) groups is 2. The number of aromatic nitrogens is 1. The number of nitrogens with one attached hydrogen (secondary N) is 1. The minimum atomic E-state index is -1.11. The molecule has 1 heterocycles. The van der Waals surface area contributed by atoms with Crippen molar-refractivity contribution in [3.8, 4) is 0 Å². The highest BCUT2D eigenvalue weighted by Gasteiger charge is 2.13. The normalized spacial score (nSPS) is 10.1. The molecule has 0 radical (unpaired) electrons. The van der Waals surface area contributed by atoms with Crippen molar-refractivity contribution >= 4 is 29.2 Å². The van der Waals surface area contributed by atoms with Crippen LogP contribution in [0.5, 0.6) is 0 Å². The smallest absolute Gasteiger partial charge is 0.335 e. The zero-order valence-corrected chi connectivity index (χ0v) is 9.64. The highest BCUT2D eigenvalue weighted by molar-refractivity contribution is 6.34. The third-order valence-corrected chi connectivity index (χ3v) is 2.45. The fraction of sp³-hybridized carbons (Fsp3) is 0. The van der Waals surface area contributed by atoms with Crippen LogP contribution in [0.3, 0.4) is 0 Å². The van der Waals surface area contributed by atoms with Crippen LogP contribution in [0.25, 0.3) is 0 Å². The molecule has 0 fully saturated rings. The van der Waals surface area contributed by atoms with Crippen LogP contribution in [0.2, 0.25) is 5.02 Å². The number of hydrogen-bond donors (Lipinski definition) is 2. The molecule has 1 aromatic carbocycles. The van der Waals surface area contributed by atoms with E-state index in [0.29, 0.717) is 0 Å². The minimum absolute atomic E-state index is 0.00629. The van der Waals surface area contributed by atoms with Gasteiger partial charge in [0.05, 0.1) is 22.5 Å². The molecule has 0 bridgehead atoms. The number of carboxylic acid groups (broad SMARTS) is 1. The van der Waals surface area contributed by atoms with Crippen molar-refractivity contribution in [1.82, 2.24) is 5.16 Å². The van der Waals surface area contributed by atoms with Crippen LogP contribution in [0.1, 0.15) is 20.9 Å². The Morgan fingerprint density at radius 3 is 2.72 bits per heavy atom. The van der Waals surface area contributed by atoms with Crippen molar-refractivity contribution in [2.45, 2.75) is 0 Å². The Labute approximate surface area is 106 Å². The first-order valence-corrected chi connectivity index (χ1v) is 5.20. The molecule has 0 saturated heterocycles. The molecule has 2 N–H and O–H groups in total. The third kappa shape index (κ3) is 2.49. The van der Waals surface area contributed by atoms with Gasteiger partial charge >= 0.3 is 5.97 Å². The lowest BCUT2D eigenvalue weighted by Crippen LogP contribution is -2.12. The standard InChI is InChI=1S/C11H7ClN2O4/c12-7-2-1-6(11(16)17)5-8(7)14-10(15)9-3-4-13-18-9/h1-5H,(H,14,15)(H,16,17). The zero-order chi connectivity index (χ0) is 13.1. The Bertz CT molecular complexity index is 595. The number of carboxylic acids is 1. The van der Waals surface area contributed by atoms with Gasteiger partial charge in [-0.05, 0) is 18.2 Å². The molecule has 0 saturated carbocycles. The number of hydrogen-bond acceptors (Lipinski definition) is 4. The number of aromatic carboxylic acids is 1. The summed E-state index contributed by atoms with van der Waals surface area (Å²) in [7, 11) is 0. The molecule has 2 aromatic rings. The number of halogens is 1. The molecule has 7 heteroatoms. The molecule has 2 rings (SSSR count). The van der Waals surface area contributed by atoms with E-state index in [1.807, 2.05) is 0 Å². The van der Waals surface area contributed by atoms with E-state index >= 15 is 0 Å². The molecule has 0 aliphatic heterocycles. The molecule has 92 valence electrons. The second-order valence-electron chi connectivity index (χ2n) is 3.33. The number of rotatable bonds is 3. The Kier molecular flexibility index (Phi) is 3.29. The summed E-state index contributed by atoms with van der Waals surface area (Å²) in [5, 5.41) is 14.9. The molecule has 0 aliphatic rings. The van der Waals surface area contributed by atoms with Gasteiger partial charge in [-0.15, -0.1) is 0 Å². The van der Waals surface area contributed by atoms with Crippen molar-refractivity contribution in [2.75, 3.05) is 5.32 Å². The molecule has 0 aliphatic carbocycles. The monoisotopic (exact) mass is 266 g/mol. The predicted octanol–water partition coefficient (Wildman–Crippen LogP) is 2.28. The summed E-state index contributed by atoms with van der Waals surface area (Å²) in [5.74, 6) is -1.66. The molecule has 0 atom stereocenters. The summed E-state index contributed by atoms with van der Waals surface area (Å²) in [5.41, 5.74) is 0.213. The SMILES string of the molecule is O=C(O)c1ccc(Cl)c(NC(=O)c2ccno2)c1. The summed E-state index contributed by atoms with van der Waals surface area (Å²) < 4.78 is 4.66. The van der Waals surface area contributed by atoms with Gasteiger partial charge in [-0.3, -0.25) is 4.79 Å². The van der Waals surface area contributed by atoms with Gasteiger partial charge in [0.2, 0.25) is 5.76 Å². The summed E-state index contributed by atoms with van der Waals surface area (Å²) in [6.45, 7) is 0. The number of nitrogens with zero attached hydrogens (tertiary/aromatic N) is 1. The maximum absolute atomic E-state index is 11.7. The Morgan fingerprint density at radius 1 is 1.33 bits per heavy atom. The predicted molar refractivity (Wildman–Crippen MR) is 62.9 cm³/mol. The molecular formula is C11H7ClN2O4. The third-order valence-electron chi connectivity index (χ3n) is 2.12. The Morgan fingerprint density at radius 2 is 2.11 bits per heavy atom. The van der Waals surface area contributed by atoms with Crippen LogP contribution in [-0.2, 0) is 0 Å². The van der Waals surface area contributed by atoms with Crippen LogP contribution >= 0.6 is 11.6 Å².